The third kappa shape index (κ3) is 2.55. The molecule has 92 valence electrons. The van der Waals surface area contributed by atoms with Crippen LogP contribution in [-0.2, 0) is 0 Å². The summed E-state index contributed by atoms with van der Waals surface area (Å²) in [5.41, 5.74) is 7.92. The summed E-state index contributed by atoms with van der Waals surface area (Å²) in [5.74, 6) is 0. The highest BCUT2D eigenvalue weighted by atomic mass is 16.6. The number of nitrogens with zero attached hydrogens (tertiary/aromatic N) is 1. The third-order valence-electron chi connectivity index (χ3n) is 3.34. The van der Waals surface area contributed by atoms with Gasteiger partial charge in [-0.15, -0.1) is 0 Å². The van der Waals surface area contributed by atoms with Crippen LogP contribution in [0.15, 0.2) is 18.2 Å². The molecular formula is C12H17N3O2. The molecule has 3 N–H and O–H groups in total. The van der Waals surface area contributed by atoms with Gasteiger partial charge in [-0.1, -0.05) is 6.07 Å². The predicted octanol–water partition coefficient (Wildman–Crippen LogP) is 2.19. The second-order valence-electron chi connectivity index (χ2n) is 4.60. The number of hydrogen-bond acceptors (Lipinski definition) is 4. The van der Waals surface area contributed by atoms with Gasteiger partial charge in [-0.25, -0.2) is 0 Å². The summed E-state index contributed by atoms with van der Waals surface area (Å²) < 4.78 is 0. The van der Waals surface area contributed by atoms with Gasteiger partial charge in [0.2, 0.25) is 0 Å². The zero-order valence-electron chi connectivity index (χ0n) is 9.85. The van der Waals surface area contributed by atoms with Crippen LogP contribution in [0.1, 0.15) is 24.8 Å². The molecule has 1 aliphatic carbocycles. The molecule has 0 bridgehead atoms. The van der Waals surface area contributed by atoms with E-state index >= 15 is 0 Å². The Labute approximate surface area is 100 Å². The fraction of sp³-hybridized carbons (Fsp3) is 0.500. The standard InChI is InChI=1S/C12H17N3O2/c1-8-5-6-9(15(16)17)7-12(8)14-11-4-2-3-10(11)13/h5-7,10-11,14H,2-4,13H2,1H3. The first-order chi connectivity index (χ1) is 8.08. The minimum Gasteiger partial charge on any atom is -0.380 e. The summed E-state index contributed by atoms with van der Waals surface area (Å²) in [5, 5.41) is 14.0. The molecule has 0 aromatic heterocycles. The van der Waals surface area contributed by atoms with Gasteiger partial charge in [0.15, 0.2) is 0 Å². The maximum Gasteiger partial charge on any atom is 0.271 e. The number of anilines is 1. The van der Waals surface area contributed by atoms with E-state index in [-0.39, 0.29) is 22.7 Å². The maximum atomic E-state index is 10.7. The van der Waals surface area contributed by atoms with Gasteiger partial charge in [-0.2, -0.15) is 0 Å². The molecule has 1 aromatic carbocycles. The Morgan fingerprint density at radius 3 is 2.82 bits per heavy atom. The topological polar surface area (TPSA) is 81.2 Å². The molecule has 1 aromatic rings. The lowest BCUT2D eigenvalue weighted by Gasteiger charge is -2.19. The molecule has 1 fully saturated rings. The van der Waals surface area contributed by atoms with Crippen LogP contribution in [0.2, 0.25) is 0 Å². The zero-order chi connectivity index (χ0) is 12.4. The van der Waals surface area contributed by atoms with Gasteiger partial charge >= 0.3 is 0 Å². The average molecular weight is 235 g/mol. The monoisotopic (exact) mass is 235 g/mol. The molecule has 2 atom stereocenters. The first kappa shape index (κ1) is 11.9. The summed E-state index contributed by atoms with van der Waals surface area (Å²) in [6.45, 7) is 1.94. The van der Waals surface area contributed by atoms with Crippen LogP contribution in [0.4, 0.5) is 11.4 Å². The number of nitro benzene ring substituents is 1. The van der Waals surface area contributed by atoms with Crippen LogP contribution >= 0.6 is 0 Å². The maximum absolute atomic E-state index is 10.7. The lowest BCUT2D eigenvalue weighted by Crippen LogP contribution is -2.35. The lowest BCUT2D eigenvalue weighted by molar-refractivity contribution is -0.384. The first-order valence-corrected chi connectivity index (χ1v) is 5.85. The van der Waals surface area contributed by atoms with Crippen molar-refractivity contribution in [3.63, 3.8) is 0 Å². The van der Waals surface area contributed by atoms with Crippen molar-refractivity contribution in [1.29, 1.82) is 0 Å². The number of nitro groups is 1. The number of nitrogens with one attached hydrogen (secondary N) is 1. The molecule has 17 heavy (non-hydrogen) atoms. The minimum atomic E-state index is -0.376. The second kappa shape index (κ2) is 4.71. The Hall–Kier alpha value is -1.62. The van der Waals surface area contributed by atoms with E-state index in [9.17, 15) is 10.1 Å². The normalized spacial score (nSPS) is 23.6. The summed E-state index contributed by atoms with van der Waals surface area (Å²) in [7, 11) is 0. The van der Waals surface area contributed by atoms with Crippen LogP contribution in [0, 0.1) is 17.0 Å². The fourth-order valence-electron chi connectivity index (χ4n) is 2.25. The molecular weight excluding hydrogens is 218 g/mol. The van der Waals surface area contributed by atoms with Crippen molar-refractivity contribution in [1.82, 2.24) is 0 Å². The van der Waals surface area contributed by atoms with Crippen molar-refractivity contribution in [3.8, 4) is 0 Å². The molecule has 0 radical (unpaired) electrons. The smallest absolute Gasteiger partial charge is 0.271 e. The summed E-state index contributed by atoms with van der Waals surface area (Å²) in [4.78, 5) is 10.3. The van der Waals surface area contributed by atoms with E-state index in [2.05, 4.69) is 5.32 Å². The van der Waals surface area contributed by atoms with Gasteiger partial charge in [0, 0.05) is 29.9 Å². The fourth-order valence-corrected chi connectivity index (χ4v) is 2.25. The average Bonchev–Trinajstić information content (AvgIpc) is 2.67. The molecule has 0 aliphatic heterocycles. The van der Waals surface area contributed by atoms with E-state index in [0.717, 1.165) is 30.5 Å². The Morgan fingerprint density at radius 1 is 1.47 bits per heavy atom. The van der Waals surface area contributed by atoms with Crippen LogP contribution in [0.3, 0.4) is 0 Å². The van der Waals surface area contributed by atoms with Crippen LogP contribution in [0.5, 0.6) is 0 Å². The number of aryl methyl sites for hydroxylation is 1. The van der Waals surface area contributed by atoms with E-state index in [1.807, 2.05) is 6.92 Å². The van der Waals surface area contributed by atoms with E-state index in [1.165, 1.54) is 6.07 Å². The molecule has 2 unspecified atom stereocenters. The third-order valence-corrected chi connectivity index (χ3v) is 3.34. The number of rotatable bonds is 3. The minimum absolute atomic E-state index is 0.115. The second-order valence-corrected chi connectivity index (χ2v) is 4.60. The van der Waals surface area contributed by atoms with Crippen molar-refractivity contribution >= 4 is 11.4 Å². The Bertz CT molecular complexity index is 434. The Morgan fingerprint density at radius 2 is 2.24 bits per heavy atom. The predicted molar refractivity (Wildman–Crippen MR) is 67.1 cm³/mol. The highest BCUT2D eigenvalue weighted by Gasteiger charge is 2.24. The molecule has 0 amide bonds. The first-order valence-electron chi connectivity index (χ1n) is 5.85. The van der Waals surface area contributed by atoms with Crippen molar-refractivity contribution in [3.05, 3.63) is 33.9 Å². The Kier molecular flexibility index (Phi) is 3.28. The van der Waals surface area contributed by atoms with E-state index in [0.29, 0.717) is 0 Å². The SMILES string of the molecule is Cc1ccc([N+](=O)[O-])cc1NC1CCCC1N. The summed E-state index contributed by atoms with van der Waals surface area (Å²) >= 11 is 0. The summed E-state index contributed by atoms with van der Waals surface area (Å²) in [6.07, 6.45) is 3.17. The molecule has 2 rings (SSSR count). The van der Waals surface area contributed by atoms with Crippen molar-refractivity contribution in [2.45, 2.75) is 38.3 Å². The van der Waals surface area contributed by atoms with Crippen LogP contribution in [0.25, 0.3) is 0 Å². The van der Waals surface area contributed by atoms with Gasteiger partial charge < -0.3 is 11.1 Å². The quantitative estimate of drug-likeness (QED) is 0.621. The molecule has 1 saturated carbocycles. The molecule has 5 nitrogen and oxygen atoms in total. The molecule has 0 heterocycles. The number of benzene rings is 1. The van der Waals surface area contributed by atoms with Gasteiger partial charge in [0.25, 0.3) is 5.69 Å². The highest BCUT2D eigenvalue weighted by Crippen LogP contribution is 2.26. The van der Waals surface area contributed by atoms with Crippen molar-refractivity contribution in [2.75, 3.05) is 5.32 Å². The summed E-state index contributed by atoms with van der Waals surface area (Å²) in [6, 6.07) is 5.25. The molecule has 0 spiro atoms. The van der Waals surface area contributed by atoms with Gasteiger partial charge in [0.05, 0.1) is 4.92 Å². The zero-order valence-corrected chi connectivity index (χ0v) is 9.85. The van der Waals surface area contributed by atoms with Crippen LogP contribution in [-0.4, -0.2) is 17.0 Å². The largest absolute Gasteiger partial charge is 0.380 e. The number of hydrogen-bond donors (Lipinski definition) is 2. The molecule has 5 heteroatoms. The van der Waals surface area contributed by atoms with E-state index in [1.54, 1.807) is 12.1 Å². The molecule has 0 saturated heterocycles. The lowest BCUT2D eigenvalue weighted by atomic mass is 10.1. The molecule has 1 aliphatic rings. The Balaban J connectivity index is 2.19. The van der Waals surface area contributed by atoms with Crippen LogP contribution < -0.4 is 11.1 Å². The van der Waals surface area contributed by atoms with Gasteiger partial charge in [0.1, 0.15) is 0 Å². The van der Waals surface area contributed by atoms with E-state index in [4.69, 9.17) is 5.73 Å². The van der Waals surface area contributed by atoms with Gasteiger partial charge in [-0.3, -0.25) is 10.1 Å². The number of non-ortho nitro benzene ring substituents is 1. The highest BCUT2D eigenvalue weighted by molar-refractivity contribution is 5.57. The van der Waals surface area contributed by atoms with E-state index < -0.39 is 0 Å². The van der Waals surface area contributed by atoms with Crippen molar-refractivity contribution in [2.24, 2.45) is 5.73 Å². The van der Waals surface area contributed by atoms with Crippen molar-refractivity contribution < 1.29 is 4.92 Å². The van der Waals surface area contributed by atoms with Gasteiger partial charge in [-0.05, 0) is 31.7 Å². The number of nitrogens with two attached hydrogens (primary N) is 1.